The van der Waals surface area contributed by atoms with Crippen molar-refractivity contribution in [3.05, 3.63) is 53.0 Å². The van der Waals surface area contributed by atoms with E-state index in [1.54, 1.807) is 6.26 Å². The molecule has 0 aliphatic rings. The molecule has 0 unspecified atom stereocenters. The molecule has 2 heterocycles. The van der Waals surface area contributed by atoms with Crippen LogP contribution in [-0.2, 0) is 11.8 Å². The third-order valence-electron chi connectivity index (χ3n) is 4.68. The van der Waals surface area contributed by atoms with Crippen LogP contribution in [0.2, 0.25) is 0 Å². The number of aromatic nitrogens is 3. The average molecular weight is 385 g/mol. The van der Waals surface area contributed by atoms with Gasteiger partial charge in [-0.3, -0.25) is 4.79 Å². The number of amides is 1. The maximum absolute atomic E-state index is 12.3. The first-order valence-electron chi connectivity index (χ1n) is 8.80. The van der Waals surface area contributed by atoms with Crippen LogP contribution in [0.4, 0.5) is 0 Å². The molecule has 3 aromatic rings. The molecule has 6 nitrogen and oxygen atoms in total. The van der Waals surface area contributed by atoms with E-state index in [1.807, 2.05) is 31.5 Å². The second kappa shape index (κ2) is 8.00. The van der Waals surface area contributed by atoms with Gasteiger partial charge >= 0.3 is 0 Å². The highest BCUT2D eigenvalue weighted by atomic mass is 32.2. The van der Waals surface area contributed by atoms with E-state index in [4.69, 9.17) is 4.42 Å². The maximum Gasteiger partial charge on any atom is 0.230 e. The molecule has 0 saturated carbocycles. The molecule has 142 valence electrons. The minimum atomic E-state index is -0.0407. The maximum atomic E-state index is 12.3. The first kappa shape index (κ1) is 19.2. The van der Waals surface area contributed by atoms with Crippen molar-refractivity contribution in [2.24, 2.45) is 7.05 Å². The highest BCUT2D eigenvalue weighted by molar-refractivity contribution is 7.99. The number of aryl methyl sites for hydroxylation is 3. The lowest BCUT2D eigenvalue weighted by molar-refractivity contribution is -0.119. The standard InChI is InChI=1S/C20H24N4O2S/c1-12-6-7-16(10-13(12)2)14(3)21-18(25)11-27-20-23-22-19(24(20)5)17-8-9-26-15(17)4/h6-10,14H,11H2,1-5H3,(H,21,25)/t14-/m1/s1. The lowest BCUT2D eigenvalue weighted by atomic mass is 10.0. The number of nitrogens with one attached hydrogen (secondary N) is 1. The number of benzene rings is 1. The van der Waals surface area contributed by atoms with Gasteiger partial charge in [0.1, 0.15) is 5.76 Å². The van der Waals surface area contributed by atoms with Crippen molar-refractivity contribution in [2.75, 3.05) is 5.75 Å². The van der Waals surface area contributed by atoms with Crippen LogP contribution in [0.5, 0.6) is 0 Å². The Bertz CT molecular complexity index is 961. The van der Waals surface area contributed by atoms with Gasteiger partial charge in [-0.2, -0.15) is 0 Å². The van der Waals surface area contributed by atoms with E-state index in [2.05, 4.69) is 47.6 Å². The summed E-state index contributed by atoms with van der Waals surface area (Å²) in [5, 5.41) is 12.2. The number of carbonyl (C=O) groups is 1. The van der Waals surface area contributed by atoms with Gasteiger partial charge < -0.3 is 14.3 Å². The Labute approximate surface area is 163 Å². The molecule has 1 aromatic carbocycles. The number of hydrogen-bond acceptors (Lipinski definition) is 5. The topological polar surface area (TPSA) is 73.0 Å². The zero-order valence-corrected chi connectivity index (χ0v) is 17.1. The van der Waals surface area contributed by atoms with Crippen molar-refractivity contribution in [3.63, 3.8) is 0 Å². The van der Waals surface area contributed by atoms with Gasteiger partial charge in [0.15, 0.2) is 11.0 Å². The van der Waals surface area contributed by atoms with Crippen LogP contribution < -0.4 is 5.32 Å². The SMILES string of the molecule is Cc1ccc([C@@H](C)NC(=O)CSc2nnc(-c3ccoc3C)n2C)cc1C. The van der Waals surface area contributed by atoms with Crippen molar-refractivity contribution >= 4 is 17.7 Å². The van der Waals surface area contributed by atoms with Gasteiger partial charge in [-0.25, -0.2) is 0 Å². The average Bonchev–Trinajstić information content (AvgIpc) is 3.20. The van der Waals surface area contributed by atoms with Crippen molar-refractivity contribution in [3.8, 4) is 11.4 Å². The summed E-state index contributed by atoms with van der Waals surface area (Å²) in [4.78, 5) is 12.3. The molecular formula is C20H24N4O2S. The molecule has 0 saturated heterocycles. The fourth-order valence-electron chi connectivity index (χ4n) is 2.82. The van der Waals surface area contributed by atoms with Gasteiger partial charge in [0.05, 0.1) is 23.6 Å². The monoisotopic (exact) mass is 384 g/mol. The molecule has 1 amide bonds. The van der Waals surface area contributed by atoms with Crippen molar-refractivity contribution in [1.29, 1.82) is 0 Å². The van der Waals surface area contributed by atoms with Crippen LogP contribution in [0.1, 0.15) is 35.4 Å². The fourth-order valence-corrected chi connectivity index (χ4v) is 3.54. The summed E-state index contributed by atoms with van der Waals surface area (Å²) >= 11 is 1.37. The van der Waals surface area contributed by atoms with E-state index in [9.17, 15) is 4.79 Å². The summed E-state index contributed by atoms with van der Waals surface area (Å²) in [7, 11) is 1.89. The Morgan fingerprint density at radius 2 is 2.00 bits per heavy atom. The summed E-state index contributed by atoms with van der Waals surface area (Å²) in [6, 6.07) is 8.09. The molecule has 3 rings (SSSR count). The van der Waals surface area contributed by atoms with Crippen LogP contribution in [0.3, 0.4) is 0 Å². The summed E-state index contributed by atoms with van der Waals surface area (Å²) in [5.74, 6) is 1.77. The quantitative estimate of drug-likeness (QED) is 0.651. The van der Waals surface area contributed by atoms with Crippen LogP contribution >= 0.6 is 11.8 Å². The lowest BCUT2D eigenvalue weighted by Gasteiger charge is -2.15. The molecule has 0 spiro atoms. The largest absolute Gasteiger partial charge is 0.469 e. The normalized spacial score (nSPS) is 12.2. The highest BCUT2D eigenvalue weighted by Crippen LogP contribution is 2.26. The Morgan fingerprint density at radius 1 is 1.22 bits per heavy atom. The Kier molecular flexibility index (Phi) is 5.70. The zero-order chi connectivity index (χ0) is 19.6. The molecule has 2 aromatic heterocycles. The smallest absolute Gasteiger partial charge is 0.230 e. The van der Waals surface area contributed by atoms with Gasteiger partial charge in [0.2, 0.25) is 5.91 Å². The summed E-state index contributed by atoms with van der Waals surface area (Å²) in [6.07, 6.45) is 1.63. The Morgan fingerprint density at radius 3 is 2.67 bits per heavy atom. The molecule has 0 fully saturated rings. The van der Waals surface area contributed by atoms with Gasteiger partial charge in [-0.15, -0.1) is 10.2 Å². The predicted molar refractivity (Wildman–Crippen MR) is 107 cm³/mol. The van der Waals surface area contributed by atoms with E-state index < -0.39 is 0 Å². The van der Waals surface area contributed by atoms with Crippen LogP contribution in [0, 0.1) is 20.8 Å². The highest BCUT2D eigenvalue weighted by Gasteiger charge is 2.16. The molecule has 0 aliphatic heterocycles. The van der Waals surface area contributed by atoms with Gasteiger partial charge in [0, 0.05) is 7.05 Å². The van der Waals surface area contributed by atoms with E-state index in [1.165, 1.54) is 22.9 Å². The van der Waals surface area contributed by atoms with Gasteiger partial charge in [0.25, 0.3) is 0 Å². The van der Waals surface area contributed by atoms with E-state index in [0.29, 0.717) is 5.16 Å². The molecule has 0 aliphatic carbocycles. The number of carbonyl (C=O) groups excluding carboxylic acids is 1. The van der Waals surface area contributed by atoms with Gasteiger partial charge in [-0.05, 0) is 50.5 Å². The summed E-state index contributed by atoms with van der Waals surface area (Å²) < 4.78 is 7.21. The molecule has 0 radical (unpaired) electrons. The van der Waals surface area contributed by atoms with E-state index in [0.717, 1.165) is 22.7 Å². The number of hydrogen-bond donors (Lipinski definition) is 1. The molecule has 1 atom stereocenters. The third kappa shape index (κ3) is 4.24. The Hall–Kier alpha value is -2.54. The first-order chi connectivity index (χ1) is 12.9. The molecule has 27 heavy (non-hydrogen) atoms. The number of furan rings is 1. The van der Waals surface area contributed by atoms with Crippen LogP contribution in [0.25, 0.3) is 11.4 Å². The second-order valence-electron chi connectivity index (χ2n) is 6.68. The summed E-state index contributed by atoms with van der Waals surface area (Å²) in [6.45, 7) is 8.04. The van der Waals surface area contributed by atoms with Crippen LogP contribution in [-0.4, -0.2) is 26.4 Å². The zero-order valence-electron chi connectivity index (χ0n) is 16.2. The van der Waals surface area contributed by atoms with Gasteiger partial charge in [-0.1, -0.05) is 30.0 Å². The van der Waals surface area contributed by atoms with Crippen molar-refractivity contribution < 1.29 is 9.21 Å². The van der Waals surface area contributed by atoms with E-state index in [-0.39, 0.29) is 17.7 Å². The number of nitrogens with zero attached hydrogens (tertiary/aromatic N) is 3. The fraction of sp³-hybridized carbons (Fsp3) is 0.350. The van der Waals surface area contributed by atoms with Crippen molar-refractivity contribution in [1.82, 2.24) is 20.1 Å². The van der Waals surface area contributed by atoms with E-state index >= 15 is 0 Å². The predicted octanol–water partition coefficient (Wildman–Crippen LogP) is 3.97. The second-order valence-corrected chi connectivity index (χ2v) is 7.62. The minimum Gasteiger partial charge on any atom is -0.469 e. The number of rotatable bonds is 6. The molecule has 1 N–H and O–H groups in total. The summed E-state index contributed by atoms with van der Waals surface area (Å²) in [5.41, 5.74) is 4.49. The molecule has 0 bridgehead atoms. The molecular weight excluding hydrogens is 360 g/mol. The Balaban J connectivity index is 1.60. The lowest BCUT2D eigenvalue weighted by Crippen LogP contribution is -2.28. The molecule has 7 heteroatoms. The van der Waals surface area contributed by atoms with Crippen LogP contribution in [0.15, 0.2) is 40.1 Å². The number of thioether (sulfide) groups is 1. The third-order valence-corrected chi connectivity index (χ3v) is 5.70. The minimum absolute atomic E-state index is 0.0326. The van der Waals surface area contributed by atoms with Crippen molar-refractivity contribution in [2.45, 2.75) is 38.9 Å². The first-order valence-corrected chi connectivity index (χ1v) is 9.78.